The lowest BCUT2D eigenvalue weighted by Gasteiger charge is -2.34. The van der Waals surface area contributed by atoms with Crippen molar-refractivity contribution < 1.29 is 23.8 Å². The van der Waals surface area contributed by atoms with Gasteiger partial charge in [-0.25, -0.2) is 0 Å². The molecule has 0 aliphatic carbocycles. The zero-order valence-electron chi connectivity index (χ0n) is 15.8. The van der Waals surface area contributed by atoms with Gasteiger partial charge in [-0.15, -0.1) is 0 Å². The molecule has 0 aromatic heterocycles. The number of ether oxygens (including phenoxy) is 3. The Hall–Kier alpha value is -2.93. The van der Waals surface area contributed by atoms with E-state index >= 15 is 0 Å². The highest BCUT2D eigenvalue weighted by Crippen LogP contribution is 2.40. The number of carbonyl (C=O) groups excluding carboxylic acids is 2. The zero-order valence-corrected chi connectivity index (χ0v) is 16.5. The number of halogens is 1. The van der Waals surface area contributed by atoms with Gasteiger partial charge in [-0.2, -0.15) is 0 Å². The fourth-order valence-corrected chi connectivity index (χ4v) is 4.45. The average Bonchev–Trinajstić information content (AvgIpc) is 3.40. The predicted molar refractivity (Wildman–Crippen MR) is 106 cm³/mol. The van der Waals surface area contributed by atoms with Crippen molar-refractivity contribution in [3.8, 4) is 17.2 Å². The van der Waals surface area contributed by atoms with Crippen molar-refractivity contribution in [2.24, 2.45) is 0 Å². The van der Waals surface area contributed by atoms with Crippen molar-refractivity contribution in [2.75, 3.05) is 24.8 Å². The third kappa shape index (κ3) is 3.06. The summed E-state index contributed by atoms with van der Waals surface area (Å²) in [6, 6.07) is 10.2. The van der Waals surface area contributed by atoms with E-state index in [2.05, 4.69) is 0 Å². The van der Waals surface area contributed by atoms with E-state index in [0.717, 1.165) is 11.3 Å². The maximum atomic E-state index is 13.0. The second kappa shape index (κ2) is 6.84. The number of likely N-dealkylation sites (tertiary alicyclic amines) is 1. The van der Waals surface area contributed by atoms with Crippen LogP contribution in [-0.4, -0.2) is 48.7 Å². The van der Waals surface area contributed by atoms with Gasteiger partial charge < -0.3 is 24.0 Å². The van der Waals surface area contributed by atoms with Crippen molar-refractivity contribution >= 4 is 29.1 Å². The molecule has 2 aromatic rings. The Kier molecular flexibility index (Phi) is 4.28. The van der Waals surface area contributed by atoms with Crippen molar-refractivity contribution in [2.45, 2.75) is 25.4 Å². The molecular weight excluding hydrogens is 396 g/mol. The van der Waals surface area contributed by atoms with E-state index in [1.54, 1.807) is 28.0 Å². The fourth-order valence-electron chi connectivity index (χ4n) is 4.22. The molecular formula is C21H19ClN2O5. The molecule has 3 aliphatic rings. The first-order valence-corrected chi connectivity index (χ1v) is 9.80. The van der Waals surface area contributed by atoms with Crippen LogP contribution in [0.3, 0.4) is 0 Å². The lowest BCUT2D eigenvalue weighted by atomic mass is 10.2. The number of amides is 2. The number of benzene rings is 2. The van der Waals surface area contributed by atoms with Crippen LogP contribution in [0.1, 0.15) is 12.0 Å². The molecule has 0 N–H and O–H groups in total. The SMILES string of the molecule is Cc1cc(Cl)ccc1OCC(=O)N1C[C@@H]2C[C@H]1C(=O)N2c1ccc2c(c1)OCO2. The molecule has 0 unspecified atom stereocenters. The molecule has 2 aromatic carbocycles. The highest BCUT2D eigenvalue weighted by Gasteiger charge is 2.52. The van der Waals surface area contributed by atoms with E-state index in [-0.39, 0.29) is 31.3 Å². The quantitative estimate of drug-likeness (QED) is 0.769. The largest absolute Gasteiger partial charge is 0.483 e. The maximum absolute atomic E-state index is 13.0. The summed E-state index contributed by atoms with van der Waals surface area (Å²) in [5.74, 6) is 1.66. The number of piperazine rings is 1. The van der Waals surface area contributed by atoms with Crippen LogP contribution in [0.25, 0.3) is 0 Å². The number of hydrogen-bond donors (Lipinski definition) is 0. The molecule has 3 aliphatic heterocycles. The van der Waals surface area contributed by atoms with Gasteiger partial charge in [-0.1, -0.05) is 11.6 Å². The Morgan fingerprint density at radius 1 is 1.21 bits per heavy atom. The van der Waals surface area contributed by atoms with E-state index < -0.39 is 6.04 Å². The Morgan fingerprint density at radius 2 is 2.03 bits per heavy atom. The number of hydrogen-bond acceptors (Lipinski definition) is 5. The summed E-state index contributed by atoms with van der Waals surface area (Å²) in [6.45, 7) is 2.44. The van der Waals surface area contributed by atoms with Crippen LogP contribution in [0, 0.1) is 6.92 Å². The molecule has 2 amide bonds. The monoisotopic (exact) mass is 414 g/mol. The van der Waals surface area contributed by atoms with Crippen molar-refractivity contribution in [1.82, 2.24) is 4.90 Å². The Balaban J connectivity index is 1.26. The van der Waals surface area contributed by atoms with Crippen LogP contribution >= 0.6 is 11.6 Å². The fraction of sp³-hybridized carbons (Fsp3) is 0.333. The minimum atomic E-state index is -0.451. The molecule has 2 saturated heterocycles. The minimum absolute atomic E-state index is 0.0471. The summed E-state index contributed by atoms with van der Waals surface area (Å²) in [5, 5.41) is 0.618. The van der Waals surface area contributed by atoms with Crippen molar-refractivity contribution in [3.63, 3.8) is 0 Å². The third-order valence-electron chi connectivity index (χ3n) is 5.61. The average molecular weight is 415 g/mol. The summed E-state index contributed by atoms with van der Waals surface area (Å²) >= 11 is 5.95. The molecule has 0 radical (unpaired) electrons. The molecule has 29 heavy (non-hydrogen) atoms. The summed E-state index contributed by atoms with van der Waals surface area (Å²) in [5.41, 5.74) is 1.63. The second-order valence-corrected chi connectivity index (χ2v) is 7.83. The van der Waals surface area contributed by atoms with Crippen molar-refractivity contribution in [3.05, 3.63) is 47.0 Å². The standard InChI is InChI=1S/C21H19ClN2O5/c1-12-6-13(22)2-4-17(12)27-10-20(25)23-9-15-7-16(23)21(26)24(15)14-3-5-18-19(8-14)29-11-28-18/h2-6,8,15-16H,7,9-11H2,1H3/t15-,16-/m0/s1. The van der Waals surface area contributed by atoms with Gasteiger partial charge in [-0.05, 0) is 49.2 Å². The first-order valence-electron chi connectivity index (χ1n) is 9.42. The molecule has 3 heterocycles. The lowest BCUT2D eigenvalue weighted by Crippen LogP contribution is -2.53. The maximum Gasteiger partial charge on any atom is 0.261 e. The smallest absolute Gasteiger partial charge is 0.261 e. The van der Waals surface area contributed by atoms with Crippen LogP contribution in [-0.2, 0) is 9.59 Å². The normalized spacial score (nSPS) is 21.8. The van der Waals surface area contributed by atoms with Crippen molar-refractivity contribution in [1.29, 1.82) is 0 Å². The summed E-state index contributed by atoms with van der Waals surface area (Å²) in [6.07, 6.45) is 0.624. The van der Waals surface area contributed by atoms with Crippen LogP contribution in [0.5, 0.6) is 17.2 Å². The Morgan fingerprint density at radius 3 is 2.83 bits per heavy atom. The first kappa shape index (κ1) is 18.1. The van der Waals surface area contributed by atoms with Crippen LogP contribution < -0.4 is 19.1 Å². The number of anilines is 1. The first-order chi connectivity index (χ1) is 14.0. The van der Waals surface area contributed by atoms with E-state index in [1.165, 1.54) is 0 Å². The number of carbonyl (C=O) groups is 2. The van der Waals surface area contributed by atoms with E-state index in [9.17, 15) is 9.59 Å². The van der Waals surface area contributed by atoms with Crippen LogP contribution in [0.4, 0.5) is 5.69 Å². The van der Waals surface area contributed by atoms with Crippen LogP contribution in [0.2, 0.25) is 5.02 Å². The Bertz CT molecular complexity index is 1010. The van der Waals surface area contributed by atoms with Gasteiger partial charge in [0.25, 0.3) is 5.91 Å². The molecule has 7 nitrogen and oxygen atoms in total. The van der Waals surface area contributed by atoms with Gasteiger partial charge in [0.15, 0.2) is 18.1 Å². The molecule has 0 saturated carbocycles. The molecule has 150 valence electrons. The molecule has 5 rings (SSSR count). The number of aryl methyl sites for hydroxylation is 1. The summed E-state index contributed by atoms with van der Waals surface area (Å²) < 4.78 is 16.4. The third-order valence-corrected chi connectivity index (χ3v) is 5.84. The van der Waals surface area contributed by atoms with Gasteiger partial charge in [0.05, 0.1) is 6.04 Å². The topological polar surface area (TPSA) is 68.3 Å². The minimum Gasteiger partial charge on any atom is -0.483 e. The highest BCUT2D eigenvalue weighted by molar-refractivity contribution is 6.30. The zero-order chi connectivity index (χ0) is 20.1. The molecule has 2 bridgehead atoms. The van der Waals surface area contributed by atoms with Gasteiger partial charge in [0.2, 0.25) is 12.7 Å². The van der Waals surface area contributed by atoms with Gasteiger partial charge in [-0.3, -0.25) is 9.59 Å². The van der Waals surface area contributed by atoms with Gasteiger partial charge in [0.1, 0.15) is 11.8 Å². The Labute approximate surface area is 172 Å². The summed E-state index contributed by atoms with van der Waals surface area (Å²) in [4.78, 5) is 29.0. The lowest BCUT2D eigenvalue weighted by molar-refractivity contribution is -0.139. The highest BCUT2D eigenvalue weighted by atomic mass is 35.5. The molecule has 2 fully saturated rings. The second-order valence-electron chi connectivity index (χ2n) is 7.40. The molecule has 8 heteroatoms. The van der Waals surface area contributed by atoms with Gasteiger partial charge in [0, 0.05) is 23.3 Å². The number of fused-ring (bicyclic) bond motifs is 3. The van der Waals surface area contributed by atoms with Gasteiger partial charge >= 0.3 is 0 Å². The van der Waals surface area contributed by atoms with E-state index in [0.29, 0.717) is 35.2 Å². The predicted octanol–water partition coefficient (Wildman–Crippen LogP) is 2.77. The molecule has 2 atom stereocenters. The number of nitrogens with zero attached hydrogens (tertiary/aromatic N) is 2. The van der Waals surface area contributed by atoms with E-state index in [4.69, 9.17) is 25.8 Å². The number of rotatable bonds is 4. The molecule has 0 spiro atoms. The summed E-state index contributed by atoms with van der Waals surface area (Å²) in [7, 11) is 0. The van der Waals surface area contributed by atoms with Crippen LogP contribution in [0.15, 0.2) is 36.4 Å². The van der Waals surface area contributed by atoms with E-state index in [1.807, 2.05) is 25.1 Å².